The van der Waals surface area contributed by atoms with Gasteiger partial charge in [0.1, 0.15) is 5.15 Å². The summed E-state index contributed by atoms with van der Waals surface area (Å²) < 4.78 is 36.4. The smallest absolute Gasteiger partial charge is 0.341 e. The number of hydrogen-bond donors (Lipinski definition) is 0. The number of carbonyl (C=O) groups excluding carboxylic acids is 1. The van der Waals surface area contributed by atoms with Gasteiger partial charge in [0.15, 0.2) is 0 Å². The van der Waals surface area contributed by atoms with Crippen molar-refractivity contribution in [3.8, 4) is 0 Å². The van der Waals surface area contributed by atoms with E-state index in [0.717, 1.165) is 11.3 Å². The topological polar surface area (TPSA) is 33.2 Å². The molecule has 112 valence electrons. The summed E-state index contributed by atoms with van der Waals surface area (Å²) in [6, 6.07) is 2.94. The van der Waals surface area contributed by atoms with E-state index in [4.69, 9.17) is 11.6 Å². The van der Waals surface area contributed by atoms with Gasteiger partial charge in [0, 0.05) is 24.8 Å². The van der Waals surface area contributed by atoms with Crippen molar-refractivity contribution in [2.75, 3.05) is 13.6 Å². The van der Waals surface area contributed by atoms with Gasteiger partial charge in [-0.3, -0.25) is 4.79 Å². The molecule has 1 rings (SSSR count). The predicted molar refractivity (Wildman–Crippen MR) is 70.9 cm³/mol. The summed E-state index contributed by atoms with van der Waals surface area (Å²) in [5, 5.41) is 0.170. The van der Waals surface area contributed by atoms with Crippen LogP contribution in [0.5, 0.6) is 0 Å². The molecule has 1 heterocycles. The average Bonchev–Trinajstić information content (AvgIpc) is 2.34. The number of halogens is 4. The zero-order chi connectivity index (χ0) is 15.3. The van der Waals surface area contributed by atoms with Gasteiger partial charge in [-0.05, 0) is 18.6 Å². The van der Waals surface area contributed by atoms with Crippen molar-refractivity contribution in [1.29, 1.82) is 0 Å². The molecule has 1 amide bonds. The first-order valence-electron chi connectivity index (χ1n) is 6.21. The Balaban J connectivity index is 2.80. The van der Waals surface area contributed by atoms with Gasteiger partial charge in [-0.2, -0.15) is 13.2 Å². The SMILES string of the molecule is CCCc1cc(C(=O)N(C)CCC(F)(F)F)cc(Cl)n1. The molecule has 0 bridgehead atoms. The number of aromatic nitrogens is 1. The van der Waals surface area contributed by atoms with Crippen LogP contribution in [0.25, 0.3) is 0 Å². The molecule has 1 aromatic rings. The summed E-state index contributed by atoms with van der Waals surface area (Å²) in [4.78, 5) is 17.1. The third-order valence-corrected chi connectivity index (χ3v) is 2.87. The van der Waals surface area contributed by atoms with Crippen LogP contribution in [0.3, 0.4) is 0 Å². The van der Waals surface area contributed by atoms with Gasteiger partial charge in [-0.1, -0.05) is 24.9 Å². The van der Waals surface area contributed by atoms with Crippen molar-refractivity contribution in [1.82, 2.24) is 9.88 Å². The fourth-order valence-corrected chi connectivity index (χ4v) is 1.90. The van der Waals surface area contributed by atoms with Gasteiger partial charge >= 0.3 is 6.18 Å². The first kappa shape index (κ1) is 16.8. The maximum Gasteiger partial charge on any atom is 0.390 e. The number of hydrogen-bond acceptors (Lipinski definition) is 2. The van der Waals surface area contributed by atoms with Gasteiger partial charge in [-0.15, -0.1) is 0 Å². The van der Waals surface area contributed by atoms with Crippen LogP contribution < -0.4 is 0 Å². The zero-order valence-electron chi connectivity index (χ0n) is 11.3. The molecule has 1 aromatic heterocycles. The average molecular weight is 309 g/mol. The van der Waals surface area contributed by atoms with E-state index < -0.39 is 18.5 Å². The van der Waals surface area contributed by atoms with E-state index >= 15 is 0 Å². The van der Waals surface area contributed by atoms with Gasteiger partial charge in [-0.25, -0.2) is 4.98 Å². The van der Waals surface area contributed by atoms with Crippen LogP contribution in [0.1, 0.15) is 35.8 Å². The number of aryl methyl sites for hydroxylation is 1. The van der Waals surface area contributed by atoms with Gasteiger partial charge in [0.25, 0.3) is 5.91 Å². The number of pyridine rings is 1. The highest BCUT2D eigenvalue weighted by Crippen LogP contribution is 2.20. The molecule has 0 aliphatic rings. The Bertz CT molecular complexity index is 477. The van der Waals surface area contributed by atoms with Crippen molar-refractivity contribution in [3.63, 3.8) is 0 Å². The molecule has 3 nitrogen and oxygen atoms in total. The van der Waals surface area contributed by atoms with Gasteiger partial charge < -0.3 is 4.90 Å². The first-order valence-corrected chi connectivity index (χ1v) is 6.59. The molecular weight excluding hydrogens is 293 g/mol. The number of amides is 1. The third kappa shape index (κ3) is 5.36. The van der Waals surface area contributed by atoms with Gasteiger partial charge in [0.05, 0.1) is 6.42 Å². The minimum atomic E-state index is -4.28. The largest absolute Gasteiger partial charge is 0.390 e. The van der Waals surface area contributed by atoms with E-state index in [1.54, 1.807) is 6.07 Å². The second kappa shape index (κ2) is 6.92. The van der Waals surface area contributed by atoms with Crippen LogP contribution in [-0.2, 0) is 6.42 Å². The molecule has 0 fully saturated rings. The highest BCUT2D eigenvalue weighted by Gasteiger charge is 2.28. The summed E-state index contributed by atoms with van der Waals surface area (Å²) in [7, 11) is 1.34. The summed E-state index contributed by atoms with van der Waals surface area (Å²) in [6.45, 7) is 1.57. The van der Waals surface area contributed by atoms with E-state index in [2.05, 4.69) is 4.98 Å². The zero-order valence-corrected chi connectivity index (χ0v) is 12.1. The van der Waals surface area contributed by atoms with Crippen molar-refractivity contribution in [2.24, 2.45) is 0 Å². The minimum absolute atomic E-state index is 0.170. The van der Waals surface area contributed by atoms with Crippen molar-refractivity contribution in [2.45, 2.75) is 32.4 Å². The highest BCUT2D eigenvalue weighted by atomic mass is 35.5. The Hall–Kier alpha value is -1.30. The van der Waals surface area contributed by atoms with Crippen LogP contribution in [-0.4, -0.2) is 35.6 Å². The number of carbonyl (C=O) groups is 1. The monoisotopic (exact) mass is 308 g/mol. The Morgan fingerprint density at radius 1 is 1.40 bits per heavy atom. The predicted octanol–water partition coefficient (Wildman–Crippen LogP) is 3.71. The standard InChI is InChI=1S/C13H16ClF3N2O/c1-3-4-10-7-9(8-11(14)18-10)12(20)19(2)6-5-13(15,16)17/h7-8H,3-6H2,1-2H3. The Morgan fingerprint density at radius 2 is 2.05 bits per heavy atom. The lowest BCUT2D eigenvalue weighted by molar-refractivity contribution is -0.136. The molecule has 0 unspecified atom stereocenters. The van der Waals surface area contributed by atoms with Crippen LogP contribution in [0.15, 0.2) is 12.1 Å². The molecule has 0 N–H and O–H groups in total. The molecular formula is C13H16ClF3N2O. The van der Waals surface area contributed by atoms with E-state index in [1.807, 2.05) is 6.92 Å². The normalized spacial score (nSPS) is 11.5. The molecule has 0 atom stereocenters. The summed E-state index contributed by atoms with van der Waals surface area (Å²) >= 11 is 5.82. The van der Waals surface area contributed by atoms with Crippen LogP contribution in [0.2, 0.25) is 5.15 Å². The van der Waals surface area contributed by atoms with Crippen molar-refractivity contribution < 1.29 is 18.0 Å². The molecule has 0 radical (unpaired) electrons. The Morgan fingerprint density at radius 3 is 2.60 bits per heavy atom. The molecule has 20 heavy (non-hydrogen) atoms. The van der Waals surface area contributed by atoms with Crippen molar-refractivity contribution in [3.05, 3.63) is 28.5 Å². The Kier molecular flexibility index (Phi) is 5.80. The quantitative estimate of drug-likeness (QED) is 0.777. The highest BCUT2D eigenvalue weighted by molar-refractivity contribution is 6.29. The summed E-state index contributed by atoms with van der Waals surface area (Å²) in [5.41, 5.74) is 0.922. The fraction of sp³-hybridized carbons (Fsp3) is 0.538. The first-order chi connectivity index (χ1) is 9.23. The van der Waals surface area contributed by atoms with E-state index in [0.29, 0.717) is 12.1 Å². The van der Waals surface area contributed by atoms with E-state index in [1.165, 1.54) is 13.1 Å². The second-order valence-electron chi connectivity index (χ2n) is 4.51. The lowest BCUT2D eigenvalue weighted by Gasteiger charge is -2.18. The maximum atomic E-state index is 12.1. The van der Waals surface area contributed by atoms with Crippen LogP contribution >= 0.6 is 11.6 Å². The maximum absolute atomic E-state index is 12.1. The van der Waals surface area contributed by atoms with Crippen molar-refractivity contribution >= 4 is 17.5 Å². The van der Waals surface area contributed by atoms with Crippen LogP contribution in [0.4, 0.5) is 13.2 Å². The minimum Gasteiger partial charge on any atom is -0.341 e. The van der Waals surface area contributed by atoms with Gasteiger partial charge in [0.2, 0.25) is 0 Å². The third-order valence-electron chi connectivity index (χ3n) is 2.68. The number of rotatable bonds is 5. The molecule has 0 saturated carbocycles. The lowest BCUT2D eigenvalue weighted by Crippen LogP contribution is -2.30. The molecule has 0 saturated heterocycles. The summed E-state index contributed by atoms with van der Waals surface area (Å²) in [5.74, 6) is -0.490. The lowest BCUT2D eigenvalue weighted by atomic mass is 10.1. The molecule has 7 heteroatoms. The molecule has 0 aliphatic carbocycles. The fourth-order valence-electron chi connectivity index (χ4n) is 1.68. The summed E-state index contributed by atoms with van der Waals surface area (Å²) in [6.07, 6.45) is -3.81. The molecule has 0 aliphatic heterocycles. The van der Waals surface area contributed by atoms with E-state index in [9.17, 15) is 18.0 Å². The number of nitrogens with zero attached hydrogens (tertiary/aromatic N) is 2. The van der Waals surface area contributed by atoms with Crippen LogP contribution in [0, 0.1) is 0 Å². The molecule has 0 aromatic carbocycles. The Labute approximate surface area is 120 Å². The molecule has 0 spiro atoms. The van der Waals surface area contributed by atoms with E-state index in [-0.39, 0.29) is 17.3 Å². The second-order valence-corrected chi connectivity index (χ2v) is 4.90. The number of alkyl halides is 3.